The number of carbonyl (C=O) groups is 1. The maximum atomic E-state index is 13.7. The predicted molar refractivity (Wildman–Crippen MR) is 156 cm³/mol. The van der Waals surface area contributed by atoms with Crippen LogP contribution in [0.5, 0.6) is 0 Å². The van der Waals surface area contributed by atoms with Crippen LogP contribution < -0.4 is 9.62 Å². The number of aromatic nitrogens is 2. The Balaban J connectivity index is 1.61. The Morgan fingerprint density at radius 1 is 1.07 bits per heavy atom. The Morgan fingerprint density at radius 3 is 2.46 bits per heavy atom. The molecule has 3 aromatic carbocycles. The molecule has 212 valence electrons. The summed E-state index contributed by atoms with van der Waals surface area (Å²) < 4.78 is 54.2. The first-order valence-electron chi connectivity index (χ1n) is 13.2. The molecule has 0 aliphatic carbocycles. The van der Waals surface area contributed by atoms with Gasteiger partial charge in [0.1, 0.15) is 17.2 Å². The van der Waals surface area contributed by atoms with Gasteiger partial charge in [0.2, 0.25) is 10.0 Å². The molecule has 0 unspecified atom stereocenters. The van der Waals surface area contributed by atoms with Crippen molar-refractivity contribution in [2.75, 3.05) is 37.9 Å². The molecule has 1 fully saturated rings. The van der Waals surface area contributed by atoms with E-state index in [2.05, 4.69) is 14.9 Å². The second-order valence-corrected chi connectivity index (χ2v) is 12.2. The summed E-state index contributed by atoms with van der Waals surface area (Å²) in [6.07, 6.45) is 4.72. The summed E-state index contributed by atoms with van der Waals surface area (Å²) >= 11 is 0. The first-order chi connectivity index (χ1) is 19.7. The van der Waals surface area contributed by atoms with Crippen molar-refractivity contribution in [3.05, 3.63) is 72.3 Å². The van der Waals surface area contributed by atoms with Crippen molar-refractivity contribution >= 4 is 43.6 Å². The Morgan fingerprint density at radius 2 is 1.78 bits per heavy atom. The van der Waals surface area contributed by atoms with E-state index >= 15 is 0 Å². The summed E-state index contributed by atoms with van der Waals surface area (Å²) in [6.45, 7) is 1.37. The zero-order valence-corrected chi connectivity index (χ0v) is 23.7. The van der Waals surface area contributed by atoms with Crippen molar-refractivity contribution in [1.29, 1.82) is 0 Å². The van der Waals surface area contributed by atoms with Gasteiger partial charge in [-0.25, -0.2) is 17.8 Å². The van der Waals surface area contributed by atoms with Gasteiger partial charge in [-0.15, -0.1) is 0 Å². The highest BCUT2D eigenvalue weighted by Crippen LogP contribution is 2.42. The zero-order valence-electron chi connectivity index (χ0n) is 22.8. The number of imidazole rings is 1. The molecule has 0 spiro atoms. The maximum absolute atomic E-state index is 13.7. The van der Waals surface area contributed by atoms with Gasteiger partial charge < -0.3 is 19.0 Å². The van der Waals surface area contributed by atoms with E-state index < -0.39 is 15.8 Å². The number of halogens is 1. The van der Waals surface area contributed by atoms with E-state index in [4.69, 9.17) is 9.15 Å². The summed E-state index contributed by atoms with van der Waals surface area (Å²) in [6, 6.07) is 15.1. The molecule has 2 aromatic heterocycles. The molecule has 0 bridgehead atoms. The summed E-state index contributed by atoms with van der Waals surface area (Å²) in [4.78, 5) is 17.8. The van der Waals surface area contributed by atoms with Crippen LogP contribution in [-0.2, 0) is 14.8 Å². The molecule has 3 heterocycles. The number of fused-ring (bicyclic) bond motifs is 2. The highest BCUT2D eigenvalue weighted by atomic mass is 32.2. The number of anilines is 1. The Labute approximate surface area is 236 Å². The fraction of sp³-hybridized carbons (Fsp3) is 0.267. The van der Waals surface area contributed by atoms with Crippen molar-refractivity contribution in [2.24, 2.45) is 0 Å². The number of hydrogen-bond donors (Lipinski definition) is 1. The second-order valence-electron chi connectivity index (χ2n) is 10.2. The third kappa shape index (κ3) is 4.85. The third-order valence-electron chi connectivity index (χ3n) is 7.67. The minimum Gasteiger partial charge on any atom is -0.455 e. The third-order valence-corrected chi connectivity index (χ3v) is 8.87. The van der Waals surface area contributed by atoms with Crippen molar-refractivity contribution in [3.63, 3.8) is 0 Å². The van der Waals surface area contributed by atoms with Gasteiger partial charge in [-0.2, -0.15) is 0 Å². The normalized spacial score (nSPS) is 14.5. The Hall–Kier alpha value is -4.22. The minimum absolute atomic E-state index is 0.247. The maximum Gasteiger partial charge on any atom is 0.255 e. The monoisotopic (exact) mass is 576 g/mol. The molecule has 9 nitrogen and oxygen atoms in total. The lowest BCUT2D eigenvalue weighted by molar-refractivity contribution is 0.0706. The number of hydrogen-bond acceptors (Lipinski definition) is 6. The van der Waals surface area contributed by atoms with E-state index in [-0.39, 0.29) is 23.3 Å². The molecule has 0 saturated carbocycles. The van der Waals surface area contributed by atoms with Crippen LogP contribution in [0.4, 0.5) is 10.1 Å². The molecular formula is C30H29FN4O5S. The molecule has 41 heavy (non-hydrogen) atoms. The van der Waals surface area contributed by atoms with Gasteiger partial charge in [0.05, 0.1) is 34.9 Å². The molecule has 6 rings (SSSR count). The number of nitrogens with zero attached hydrogens (tertiary/aromatic N) is 3. The summed E-state index contributed by atoms with van der Waals surface area (Å²) in [7, 11) is -0.652. The second kappa shape index (κ2) is 10.3. The Bertz CT molecular complexity index is 1890. The number of nitrogens with one attached hydrogen (secondary N) is 1. The molecule has 0 atom stereocenters. The topological polar surface area (TPSA) is 107 Å². The summed E-state index contributed by atoms with van der Waals surface area (Å²) in [5, 5.41) is 3.17. The standard InChI is InChI=1S/C30H29FN4O5S/c1-32-30(36)28-23-15-22(19-6-9-24-26(14-19)35(17-33-24)21-10-12-39-13-11-21)25(34(2)41(3,37)38)16-27(23)40-29(28)18-4-7-20(31)8-5-18/h4-9,14-17,21H,10-13H2,1-3H3,(H,32,36). The first-order valence-corrected chi connectivity index (χ1v) is 15.1. The van der Waals surface area contributed by atoms with E-state index in [1.165, 1.54) is 42.7 Å². The molecule has 1 N–H and O–H groups in total. The summed E-state index contributed by atoms with van der Waals surface area (Å²) in [5.74, 6) is -0.537. The van der Waals surface area contributed by atoms with Crippen LogP contribution in [0, 0.1) is 5.82 Å². The quantitative estimate of drug-likeness (QED) is 0.292. The molecule has 0 radical (unpaired) electrons. The van der Waals surface area contributed by atoms with Gasteiger partial charge in [0, 0.05) is 55.9 Å². The molecule has 5 aromatic rings. The van der Waals surface area contributed by atoms with Crippen molar-refractivity contribution in [1.82, 2.24) is 14.9 Å². The predicted octanol–water partition coefficient (Wildman–Crippen LogP) is 5.36. The SMILES string of the molecule is CNC(=O)c1c(-c2ccc(F)cc2)oc2cc(N(C)S(C)(=O)=O)c(-c3ccc4ncn(C5CCOCC5)c4c3)cc12. The van der Waals surface area contributed by atoms with E-state index in [1.54, 1.807) is 12.1 Å². The van der Waals surface area contributed by atoms with Crippen molar-refractivity contribution in [2.45, 2.75) is 18.9 Å². The fourth-order valence-electron chi connectivity index (χ4n) is 5.41. The smallest absolute Gasteiger partial charge is 0.255 e. The zero-order chi connectivity index (χ0) is 28.9. The highest BCUT2D eigenvalue weighted by Gasteiger charge is 2.26. The largest absolute Gasteiger partial charge is 0.455 e. The van der Waals surface area contributed by atoms with Crippen LogP contribution in [0.3, 0.4) is 0 Å². The van der Waals surface area contributed by atoms with E-state index in [0.717, 1.165) is 35.7 Å². The average molecular weight is 577 g/mol. The van der Waals surface area contributed by atoms with E-state index in [9.17, 15) is 17.6 Å². The van der Waals surface area contributed by atoms with Gasteiger partial charge in [0.15, 0.2) is 0 Å². The van der Waals surface area contributed by atoms with Gasteiger partial charge in [-0.05, 0) is 60.9 Å². The lowest BCUT2D eigenvalue weighted by Crippen LogP contribution is -2.25. The lowest BCUT2D eigenvalue weighted by Gasteiger charge is -2.24. The minimum atomic E-state index is -3.65. The number of carbonyl (C=O) groups excluding carboxylic acids is 1. The average Bonchev–Trinajstić information content (AvgIpc) is 3.57. The van der Waals surface area contributed by atoms with Crippen LogP contribution in [0.25, 0.3) is 44.5 Å². The van der Waals surface area contributed by atoms with Crippen molar-refractivity contribution in [3.8, 4) is 22.5 Å². The number of rotatable bonds is 6. The molecule has 1 aliphatic rings. The Kier molecular flexibility index (Phi) is 6.79. The molecule has 1 aliphatic heterocycles. The van der Waals surface area contributed by atoms with Gasteiger partial charge in [-0.3, -0.25) is 9.10 Å². The number of benzene rings is 3. The summed E-state index contributed by atoms with van der Waals surface area (Å²) in [5.41, 5.74) is 4.61. The van der Waals surface area contributed by atoms with Gasteiger partial charge >= 0.3 is 0 Å². The number of furan rings is 1. The molecular weight excluding hydrogens is 547 g/mol. The van der Waals surface area contributed by atoms with Gasteiger partial charge in [-0.1, -0.05) is 6.07 Å². The van der Waals surface area contributed by atoms with Crippen LogP contribution in [0.2, 0.25) is 0 Å². The number of amides is 1. The molecule has 11 heteroatoms. The fourth-order valence-corrected chi connectivity index (χ4v) is 5.91. The number of ether oxygens (including phenoxy) is 1. The number of sulfonamides is 1. The first kappa shape index (κ1) is 27.0. The highest BCUT2D eigenvalue weighted by molar-refractivity contribution is 7.92. The van der Waals surface area contributed by atoms with E-state index in [1.807, 2.05) is 24.5 Å². The van der Waals surface area contributed by atoms with Crippen LogP contribution >= 0.6 is 0 Å². The molecule has 1 saturated heterocycles. The van der Waals surface area contributed by atoms with Gasteiger partial charge in [0.25, 0.3) is 5.91 Å². The van der Waals surface area contributed by atoms with Crippen LogP contribution in [0.15, 0.2) is 65.3 Å². The van der Waals surface area contributed by atoms with Crippen LogP contribution in [0.1, 0.15) is 29.2 Å². The van der Waals surface area contributed by atoms with Crippen molar-refractivity contribution < 1.29 is 26.8 Å². The molecule has 1 amide bonds. The van der Waals surface area contributed by atoms with Crippen LogP contribution in [-0.4, -0.2) is 57.4 Å². The van der Waals surface area contributed by atoms with E-state index in [0.29, 0.717) is 41.0 Å². The lowest BCUT2D eigenvalue weighted by atomic mass is 9.98.